The number of para-hydroxylation sites is 1. The first kappa shape index (κ1) is 14.4. The topological polar surface area (TPSA) is 32.8 Å². The van der Waals surface area contributed by atoms with Crippen molar-refractivity contribution in [2.75, 3.05) is 24.5 Å². The number of likely N-dealkylation sites (tertiary alicyclic amines) is 1. The number of carbonyl (C=O) groups is 1. The third kappa shape index (κ3) is 3.05. The molecule has 3 rings (SSSR count). The first-order chi connectivity index (χ1) is 9.94. The second-order valence-corrected chi connectivity index (χ2v) is 6.99. The van der Waals surface area contributed by atoms with Crippen LogP contribution in [0, 0.1) is 0 Å². The third-order valence-corrected chi connectivity index (χ3v) is 4.08. The minimum atomic E-state index is -0.462. The molecule has 0 aliphatic carbocycles. The third-order valence-electron chi connectivity index (χ3n) is 4.08. The number of carbonyl (C=O) groups excluding carboxylic acids is 1. The van der Waals surface area contributed by atoms with Crippen LogP contribution in [0.1, 0.15) is 32.8 Å². The second-order valence-electron chi connectivity index (χ2n) is 6.99. The Kier molecular flexibility index (Phi) is 3.66. The summed E-state index contributed by atoms with van der Waals surface area (Å²) in [6, 6.07) is 8.36. The highest BCUT2D eigenvalue weighted by Gasteiger charge is 2.37. The van der Waals surface area contributed by atoms with Gasteiger partial charge in [0.05, 0.1) is 11.7 Å². The zero-order valence-corrected chi connectivity index (χ0v) is 13.1. The van der Waals surface area contributed by atoms with Gasteiger partial charge >= 0.3 is 6.09 Å². The van der Waals surface area contributed by atoms with E-state index in [2.05, 4.69) is 11.0 Å². The minimum Gasteiger partial charge on any atom is -0.443 e. The molecular formula is C17H24N2O2. The number of fused-ring (bicyclic) bond motifs is 1. The average Bonchev–Trinajstić information content (AvgIpc) is 2.69. The number of anilines is 1. The smallest absolute Gasteiger partial charge is 0.415 e. The van der Waals surface area contributed by atoms with Crippen molar-refractivity contribution in [1.29, 1.82) is 0 Å². The summed E-state index contributed by atoms with van der Waals surface area (Å²) in [6.07, 6.45) is 1.97. The first-order valence-corrected chi connectivity index (χ1v) is 7.76. The molecule has 1 fully saturated rings. The molecule has 2 aliphatic rings. The SMILES string of the molecule is CC(C)(C)OC(=O)N1c2ccccc2C[C@H]1CN1CCC1. The number of hydrogen-bond acceptors (Lipinski definition) is 3. The number of benzene rings is 1. The Morgan fingerprint density at radius 2 is 2.00 bits per heavy atom. The van der Waals surface area contributed by atoms with Crippen molar-refractivity contribution >= 4 is 11.8 Å². The maximum Gasteiger partial charge on any atom is 0.415 e. The predicted octanol–water partition coefficient (Wildman–Crippen LogP) is 3.06. The summed E-state index contributed by atoms with van der Waals surface area (Å²) in [5.41, 5.74) is 1.79. The van der Waals surface area contributed by atoms with Gasteiger partial charge in [0.25, 0.3) is 0 Å². The fourth-order valence-electron chi connectivity index (χ4n) is 3.03. The Morgan fingerprint density at radius 1 is 1.29 bits per heavy atom. The van der Waals surface area contributed by atoms with E-state index in [1.54, 1.807) is 0 Å². The van der Waals surface area contributed by atoms with E-state index in [9.17, 15) is 4.79 Å². The lowest BCUT2D eigenvalue weighted by atomic mass is 10.1. The van der Waals surface area contributed by atoms with Crippen LogP contribution in [0.4, 0.5) is 10.5 Å². The van der Waals surface area contributed by atoms with Crippen LogP contribution in [0.3, 0.4) is 0 Å². The normalized spacial score (nSPS) is 21.9. The van der Waals surface area contributed by atoms with E-state index in [1.807, 2.05) is 43.9 Å². The van der Waals surface area contributed by atoms with Crippen molar-refractivity contribution in [1.82, 2.24) is 4.90 Å². The van der Waals surface area contributed by atoms with E-state index < -0.39 is 5.60 Å². The van der Waals surface area contributed by atoms with Gasteiger partial charge in [0.1, 0.15) is 5.60 Å². The molecule has 1 saturated heterocycles. The van der Waals surface area contributed by atoms with E-state index in [4.69, 9.17) is 4.74 Å². The van der Waals surface area contributed by atoms with Gasteiger partial charge in [-0.2, -0.15) is 0 Å². The van der Waals surface area contributed by atoms with Crippen molar-refractivity contribution in [3.05, 3.63) is 29.8 Å². The lowest BCUT2D eigenvalue weighted by Gasteiger charge is -2.36. The van der Waals surface area contributed by atoms with Crippen LogP contribution in [0.25, 0.3) is 0 Å². The van der Waals surface area contributed by atoms with E-state index in [0.29, 0.717) is 0 Å². The molecule has 0 saturated carbocycles. The number of rotatable bonds is 2. The van der Waals surface area contributed by atoms with Crippen molar-refractivity contribution in [2.45, 2.75) is 45.3 Å². The molecule has 21 heavy (non-hydrogen) atoms. The van der Waals surface area contributed by atoms with Crippen LogP contribution in [0.2, 0.25) is 0 Å². The van der Waals surface area contributed by atoms with Crippen molar-refractivity contribution < 1.29 is 9.53 Å². The molecule has 114 valence electrons. The van der Waals surface area contributed by atoms with Gasteiger partial charge < -0.3 is 9.64 Å². The van der Waals surface area contributed by atoms with Crippen LogP contribution in [0.15, 0.2) is 24.3 Å². The zero-order chi connectivity index (χ0) is 15.0. The summed E-state index contributed by atoms with van der Waals surface area (Å²) < 4.78 is 5.61. The molecule has 1 amide bonds. The summed E-state index contributed by atoms with van der Waals surface area (Å²) in [4.78, 5) is 16.9. The second kappa shape index (κ2) is 5.34. The van der Waals surface area contributed by atoms with E-state index in [0.717, 1.165) is 31.7 Å². The van der Waals surface area contributed by atoms with E-state index in [1.165, 1.54) is 12.0 Å². The van der Waals surface area contributed by atoms with Crippen LogP contribution in [-0.4, -0.2) is 42.3 Å². The molecule has 0 unspecified atom stereocenters. The summed E-state index contributed by atoms with van der Waals surface area (Å²) >= 11 is 0. The molecule has 0 spiro atoms. The summed E-state index contributed by atoms with van der Waals surface area (Å²) in [7, 11) is 0. The van der Waals surface area contributed by atoms with Crippen LogP contribution in [0.5, 0.6) is 0 Å². The monoisotopic (exact) mass is 288 g/mol. The summed E-state index contributed by atoms with van der Waals surface area (Å²) in [6.45, 7) is 8.98. The Bertz CT molecular complexity index is 532. The van der Waals surface area contributed by atoms with E-state index in [-0.39, 0.29) is 12.1 Å². The Morgan fingerprint density at radius 3 is 2.62 bits per heavy atom. The summed E-state index contributed by atoms with van der Waals surface area (Å²) in [5, 5.41) is 0. The predicted molar refractivity (Wildman–Crippen MR) is 83.7 cm³/mol. The van der Waals surface area contributed by atoms with Gasteiger partial charge in [-0.3, -0.25) is 4.90 Å². The van der Waals surface area contributed by atoms with Gasteiger partial charge in [0.2, 0.25) is 0 Å². The Labute approximate surface area is 126 Å². The standard InChI is InChI=1S/C17H24N2O2/c1-17(2,3)21-16(20)19-14(12-18-9-6-10-18)11-13-7-4-5-8-15(13)19/h4-5,7-8,14H,6,9-12H2,1-3H3/t14-/m0/s1. The molecular weight excluding hydrogens is 264 g/mol. The molecule has 2 heterocycles. The van der Waals surface area contributed by atoms with Gasteiger partial charge in [0, 0.05) is 6.54 Å². The van der Waals surface area contributed by atoms with Gasteiger partial charge in [-0.1, -0.05) is 18.2 Å². The van der Waals surface area contributed by atoms with Crippen LogP contribution >= 0.6 is 0 Å². The fraction of sp³-hybridized carbons (Fsp3) is 0.588. The molecule has 4 nitrogen and oxygen atoms in total. The fourth-order valence-corrected chi connectivity index (χ4v) is 3.03. The highest BCUT2D eigenvalue weighted by atomic mass is 16.6. The highest BCUT2D eigenvalue weighted by Crippen LogP contribution is 2.34. The van der Waals surface area contributed by atoms with Crippen LogP contribution in [-0.2, 0) is 11.2 Å². The van der Waals surface area contributed by atoms with Crippen molar-refractivity contribution in [3.8, 4) is 0 Å². The quantitative estimate of drug-likeness (QED) is 0.838. The molecule has 0 bridgehead atoms. The van der Waals surface area contributed by atoms with Gasteiger partial charge in [-0.15, -0.1) is 0 Å². The average molecular weight is 288 g/mol. The number of ether oxygens (including phenoxy) is 1. The molecule has 1 atom stereocenters. The lowest BCUT2D eigenvalue weighted by Crippen LogP contribution is -2.50. The van der Waals surface area contributed by atoms with Gasteiger partial charge in [-0.25, -0.2) is 4.79 Å². The highest BCUT2D eigenvalue weighted by molar-refractivity contribution is 5.91. The minimum absolute atomic E-state index is 0.192. The molecule has 2 aliphatic heterocycles. The maximum atomic E-state index is 12.6. The van der Waals surface area contributed by atoms with Crippen molar-refractivity contribution in [3.63, 3.8) is 0 Å². The molecule has 1 aromatic carbocycles. The molecule has 4 heteroatoms. The van der Waals surface area contributed by atoms with E-state index >= 15 is 0 Å². The number of hydrogen-bond donors (Lipinski definition) is 0. The Hall–Kier alpha value is -1.55. The largest absolute Gasteiger partial charge is 0.443 e. The Balaban J connectivity index is 1.82. The van der Waals surface area contributed by atoms with Gasteiger partial charge in [-0.05, 0) is 58.3 Å². The number of amides is 1. The zero-order valence-electron chi connectivity index (χ0n) is 13.1. The van der Waals surface area contributed by atoms with Crippen LogP contribution < -0.4 is 4.90 Å². The van der Waals surface area contributed by atoms with Crippen molar-refractivity contribution in [2.24, 2.45) is 0 Å². The van der Waals surface area contributed by atoms with Gasteiger partial charge in [0.15, 0.2) is 0 Å². The molecule has 0 aromatic heterocycles. The first-order valence-electron chi connectivity index (χ1n) is 7.76. The summed E-state index contributed by atoms with van der Waals surface area (Å²) in [5.74, 6) is 0. The lowest BCUT2D eigenvalue weighted by molar-refractivity contribution is 0.0555. The maximum absolute atomic E-state index is 12.6. The molecule has 1 aromatic rings. The molecule has 0 N–H and O–H groups in total. The number of nitrogens with zero attached hydrogens (tertiary/aromatic N) is 2. The molecule has 0 radical (unpaired) electrons.